The number of nitrogens with zero attached hydrogens (tertiary/aromatic N) is 1. The molecular weight excluding hydrogens is 256 g/mol. The van der Waals surface area contributed by atoms with Gasteiger partial charge in [0.2, 0.25) is 11.8 Å². The Morgan fingerprint density at radius 1 is 1.35 bits per heavy atom. The number of carbonyl (C=O) groups is 2. The first kappa shape index (κ1) is 17.0. The zero-order valence-corrected chi connectivity index (χ0v) is 13.4. The Hall–Kier alpha value is -1.10. The van der Waals surface area contributed by atoms with Crippen LogP contribution in [0, 0.1) is 5.92 Å². The third-order valence-corrected chi connectivity index (χ3v) is 3.44. The summed E-state index contributed by atoms with van der Waals surface area (Å²) >= 11 is 0. The number of hydrogen-bond donors (Lipinski definition) is 1. The van der Waals surface area contributed by atoms with Gasteiger partial charge in [-0.3, -0.25) is 9.59 Å². The fourth-order valence-corrected chi connectivity index (χ4v) is 2.41. The van der Waals surface area contributed by atoms with E-state index in [-0.39, 0.29) is 17.9 Å². The van der Waals surface area contributed by atoms with E-state index < -0.39 is 5.54 Å². The van der Waals surface area contributed by atoms with Crippen molar-refractivity contribution in [3.63, 3.8) is 0 Å². The molecule has 0 aliphatic carbocycles. The van der Waals surface area contributed by atoms with Crippen molar-refractivity contribution in [2.45, 2.75) is 59.0 Å². The smallest absolute Gasteiger partial charge is 0.248 e. The van der Waals surface area contributed by atoms with Crippen molar-refractivity contribution in [1.29, 1.82) is 0 Å². The lowest BCUT2D eigenvalue weighted by molar-refractivity contribution is -0.153. The number of hydrogen-bond acceptors (Lipinski definition) is 3. The predicted molar refractivity (Wildman–Crippen MR) is 78.3 cm³/mol. The molecule has 2 amide bonds. The fraction of sp³-hybridized carbons (Fsp3) is 0.867. The van der Waals surface area contributed by atoms with Crippen molar-refractivity contribution >= 4 is 11.8 Å². The molecule has 1 rings (SSSR count). The van der Waals surface area contributed by atoms with E-state index in [9.17, 15) is 9.59 Å². The Morgan fingerprint density at radius 2 is 2.00 bits per heavy atom. The van der Waals surface area contributed by atoms with Gasteiger partial charge in [0.25, 0.3) is 0 Å². The highest BCUT2D eigenvalue weighted by Crippen LogP contribution is 2.20. The number of piperazine rings is 1. The van der Waals surface area contributed by atoms with Crippen LogP contribution in [0.4, 0.5) is 0 Å². The van der Waals surface area contributed by atoms with Crippen LogP contribution >= 0.6 is 0 Å². The summed E-state index contributed by atoms with van der Waals surface area (Å²) in [5.41, 5.74) is -0.804. The number of rotatable bonds is 7. The summed E-state index contributed by atoms with van der Waals surface area (Å²) in [7, 11) is 0. The molecule has 1 heterocycles. The van der Waals surface area contributed by atoms with Crippen molar-refractivity contribution in [2.24, 2.45) is 5.92 Å². The normalized spacial score (nSPS) is 22.3. The van der Waals surface area contributed by atoms with Gasteiger partial charge in [-0.15, -0.1) is 0 Å². The molecule has 0 aromatic heterocycles. The van der Waals surface area contributed by atoms with Gasteiger partial charge in [-0.25, -0.2) is 0 Å². The van der Waals surface area contributed by atoms with Gasteiger partial charge in [0, 0.05) is 19.8 Å². The molecule has 1 fully saturated rings. The maximum absolute atomic E-state index is 12.4. The minimum Gasteiger partial charge on any atom is -0.381 e. The summed E-state index contributed by atoms with van der Waals surface area (Å²) in [4.78, 5) is 26.1. The first-order valence-corrected chi connectivity index (χ1v) is 7.50. The first-order chi connectivity index (χ1) is 9.29. The maximum atomic E-state index is 12.4. The van der Waals surface area contributed by atoms with Gasteiger partial charge < -0.3 is 15.0 Å². The molecule has 1 aliphatic heterocycles. The summed E-state index contributed by atoms with van der Waals surface area (Å²) in [5.74, 6) is 0.452. The van der Waals surface area contributed by atoms with E-state index in [0.29, 0.717) is 25.5 Å². The van der Waals surface area contributed by atoms with Gasteiger partial charge in [0.15, 0.2) is 0 Å². The summed E-state index contributed by atoms with van der Waals surface area (Å²) in [5, 5.41) is 2.79. The van der Waals surface area contributed by atoms with E-state index in [1.165, 1.54) is 0 Å². The Kier molecular flexibility index (Phi) is 5.99. The molecule has 5 nitrogen and oxygen atoms in total. The monoisotopic (exact) mass is 284 g/mol. The molecule has 0 radical (unpaired) electrons. The average molecular weight is 284 g/mol. The van der Waals surface area contributed by atoms with Gasteiger partial charge >= 0.3 is 0 Å². The Bertz CT molecular complexity index is 353. The molecule has 1 aliphatic rings. The second-order valence-corrected chi connectivity index (χ2v) is 6.36. The topological polar surface area (TPSA) is 58.6 Å². The van der Waals surface area contributed by atoms with E-state index in [1.54, 1.807) is 18.7 Å². The largest absolute Gasteiger partial charge is 0.381 e. The van der Waals surface area contributed by atoms with Crippen molar-refractivity contribution in [3.05, 3.63) is 0 Å². The molecule has 0 aromatic carbocycles. The van der Waals surface area contributed by atoms with Crippen LogP contribution in [0.25, 0.3) is 0 Å². The second kappa shape index (κ2) is 7.07. The standard InChI is InChI=1S/C15H28N2O3/c1-6-12-13(18)16-15(4,5)14(19)17(12)8-7-9-20-10-11(2)3/h11-12H,6-10H2,1-5H3,(H,16,18). The number of carbonyl (C=O) groups excluding carboxylic acids is 2. The zero-order valence-electron chi connectivity index (χ0n) is 13.4. The van der Waals surface area contributed by atoms with Crippen molar-refractivity contribution in [3.8, 4) is 0 Å². The molecule has 0 saturated carbocycles. The van der Waals surface area contributed by atoms with Crippen LogP contribution in [0.1, 0.15) is 47.5 Å². The molecule has 20 heavy (non-hydrogen) atoms. The lowest BCUT2D eigenvalue weighted by Crippen LogP contribution is -2.68. The van der Waals surface area contributed by atoms with Crippen LogP contribution in [-0.2, 0) is 14.3 Å². The zero-order chi connectivity index (χ0) is 15.3. The van der Waals surface area contributed by atoms with E-state index in [1.807, 2.05) is 6.92 Å². The maximum Gasteiger partial charge on any atom is 0.248 e. The van der Waals surface area contributed by atoms with Crippen molar-refractivity contribution < 1.29 is 14.3 Å². The number of nitrogens with one attached hydrogen (secondary N) is 1. The average Bonchev–Trinajstić information content (AvgIpc) is 2.33. The highest BCUT2D eigenvalue weighted by molar-refractivity contribution is 5.99. The lowest BCUT2D eigenvalue weighted by atomic mass is 9.95. The molecule has 0 spiro atoms. The minimum absolute atomic E-state index is 0.00666. The molecule has 5 heteroatoms. The van der Waals surface area contributed by atoms with Gasteiger partial charge in [0.05, 0.1) is 0 Å². The van der Waals surface area contributed by atoms with Gasteiger partial charge in [0.1, 0.15) is 11.6 Å². The quantitative estimate of drug-likeness (QED) is 0.722. The summed E-state index contributed by atoms with van der Waals surface area (Å²) < 4.78 is 5.53. The Balaban J connectivity index is 2.54. The molecule has 1 unspecified atom stereocenters. The Labute approximate surface area is 122 Å². The van der Waals surface area contributed by atoms with Crippen LogP contribution in [0.15, 0.2) is 0 Å². The molecule has 1 saturated heterocycles. The van der Waals surface area contributed by atoms with Gasteiger partial charge in [-0.05, 0) is 32.6 Å². The molecule has 1 N–H and O–H groups in total. The minimum atomic E-state index is -0.804. The first-order valence-electron chi connectivity index (χ1n) is 7.50. The molecule has 0 bridgehead atoms. The predicted octanol–water partition coefficient (Wildman–Crippen LogP) is 1.56. The van der Waals surface area contributed by atoms with Crippen LogP contribution in [0.2, 0.25) is 0 Å². The molecular formula is C15H28N2O3. The van der Waals surface area contributed by atoms with Crippen LogP contribution in [0.5, 0.6) is 0 Å². The fourth-order valence-electron chi connectivity index (χ4n) is 2.41. The molecule has 0 aromatic rings. The summed E-state index contributed by atoms with van der Waals surface area (Å²) in [6.07, 6.45) is 1.40. The van der Waals surface area contributed by atoms with E-state index in [2.05, 4.69) is 19.2 Å². The Morgan fingerprint density at radius 3 is 2.55 bits per heavy atom. The highest BCUT2D eigenvalue weighted by atomic mass is 16.5. The summed E-state index contributed by atoms with van der Waals surface area (Å²) in [6, 6.07) is -0.347. The van der Waals surface area contributed by atoms with Crippen LogP contribution in [0.3, 0.4) is 0 Å². The molecule has 1 atom stereocenters. The number of ether oxygens (including phenoxy) is 1. The van der Waals surface area contributed by atoms with Crippen LogP contribution < -0.4 is 5.32 Å². The lowest BCUT2D eigenvalue weighted by Gasteiger charge is -2.42. The van der Waals surface area contributed by atoms with Crippen LogP contribution in [-0.4, -0.2) is 48.1 Å². The highest BCUT2D eigenvalue weighted by Gasteiger charge is 2.43. The van der Waals surface area contributed by atoms with E-state index in [0.717, 1.165) is 13.0 Å². The number of amides is 2. The van der Waals surface area contributed by atoms with E-state index >= 15 is 0 Å². The molecule has 116 valence electrons. The SMILES string of the molecule is CCC1C(=O)NC(C)(C)C(=O)N1CCCOCC(C)C. The summed E-state index contributed by atoms with van der Waals surface area (Å²) in [6.45, 7) is 11.6. The van der Waals surface area contributed by atoms with E-state index in [4.69, 9.17) is 4.74 Å². The van der Waals surface area contributed by atoms with Crippen molar-refractivity contribution in [2.75, 3.05) is 19.8 Å². The van der Waals surface area contributed by atoms with Crippen molar-refractivity contribution in [1.82, 2.24) is 10.2 Å². The third kappa shape index (κ3) is 4.20. The third-order valence-electron chi connectivity index (χ3n) is 3.44. The second-order valence-electron chi connectivity index (χ2n) is 6.36. The van der Waals surface area contributed by atoms with Gasteiger partial charge in [-0.1, -0.05) is 20.8 Å². The van der Waals surface area contributed by atoms with Gasteiger partial charge in [-0.2, -0.15) is 0 Å².